The summed E-state index contributed by atoms with van der Waals surface area (Å²) in [4.78, 5) is 28.2. The highest BCUT2D eigenvalue weighted by Crippen LogP contribution is 2.55. The first-order valence-corrected chi connectivity index (χ1v) is 12.7. The molecule has 2 heterocycles. The highest BCUT2D eigenvalue weighted by Gasteiger charge is 2.55. The molecule has 6 rings (SSSR count). The third-order valence-corrected chi connectivity index (χ3v) is 7.66. The molecule has 0 spiro atoms. The van der Waals surface area contributed by atoms with Crippen molar-refractivity contribution < 1.29 is 18.3 Å². The Hall–Kier alpha value is -3.94. The van der Waals surface area contributed by atoms with E-state index in [2.05, 4.69) is 6.08 Å². The van der Waals surface area contributed by atoms with E-state index in [0.717, 1.165) is 29.5 Å². The van der Waals surface area contributed by atoms with Crippen molar-refractivity contribution in [1.29, 1.82) is 0 Å². The number of carbonyl (C=O) groups excluding carboxylic acids is 1. The molecule has 3 aliphatic rings. The van der Waals surface area contributed by atoms with E-state index in [1.165, 1.54) is 18.2 Å². The summed E-state index contributed by atoms with van der Waals surface area (Å²) in [6.45, 7) is 4.79. The van der Waals surface area contributed by atoms with Crippen molar-refractivity contribution in [3.63, 3.8) is 0 Å². The van der Waals surface area contributed by atoms with E-state index in [-0.39, 0.29) is 29.4 Å². The molecule has 0 N–H and O–H groups in total. The maximum absolute atomic E-state index is 14.8. The normalized spacial score (nSPS) is 19.4. The third kappa shape index (κ3) is 3.21. The van der Waals surface area contributed by atoms with Gasteiger partial charge in [0.05, 0.1) is 6.61 Å². The van der Waals surface area contributed by atoms with Crippen molar-refractivity contribution in [3.8, 4) is 5.75 Å². The first-order valence-electron chi connectivity index (χ1n) is 12.7. The molecule has 0 fully saturated rings. The van der Waals surface area contributed by atoms with Crippen molar-refractivity contribution in [1.82, 2.24) is 9.58 Å². The SMILES string of the molecule is CCCCOc1c2n(ccc1=O)N(C13C(=Cc4ccccc41)Cc1cc(F)c(F)cc13)CN(CC)C2=O. The molecule has 0 saturated heterocycles. The smallest absolute Gasteiger partial charge is 0.277 e. The highest BCUT2D eigenvalue weighted by atomic mass is 19.2. The van der Waals surface area contributed by atoms with Crippen LogP contribution in [-0.4, -0.2) is 35.3 Å². The van der Waals surface area contributed by atoms with E-state index in [4.69, 9.17) is 4.74 Å². The fourth-order valence-corrected chi connectivity index (χ4v) is 5.95. The number of benzene rings is 2. The summed E-state index contributed by atoms with van der Waals surface area (Å²) in [6, 6.07) is 11.8. The predicted octanol–water partition coefficient (Wildman–Crippen LogP) is 4.57. The van der Waals surface area contributed by atoms with E-state index in [1.54, 1.807) is 15.8 Å². The zero-order valence-electron chi connectivity index (χ0n) is 20.8. The standard InChI is InChI=1S/C29H27F2N3O3/c1-3-5-12-37-27-25(35)10-11-33-26(27)28(36)32(4-2)17-34(33)29-20(13-18-8-6-7-9-21(18)29)14-19-15-23(30)24(31)16-22(19)29/h6-11,13,15-16H,3-5,12,14,17H2,1-2H3. The number of unbranched alkanes of at least 4 members (excludes halogenated alkanes) is 1. The van der Waals surface area contributed by atoms with Crippen LogP contribution in [0.5, 0.6) is 5.75 Å². The Bertz CT molecular complexity index is 1530. The average molecular weight is 504 g/mol. The van der Waals surface area contributed by atoms with Crippen LogP contribution >= 0.6 is 0 Å². The number of fused-ring (bicyclic) bond motifs is 6. The molecule has 0 saturated carbocycles. The Balaban J connectivity index is 1.65. The quantitative estimate of drug-likeness (QED) is 0.463. The monoisotopic (exact) mass is 503 g/mol. The maximum atomic E-state index is 14.8. The van der Waals surface area contributed by atoms with Gasteiger partial charge in [0.15, 0.2) is 23.1 Å². The molecule has 6 nitrogen and oxygen atoms in total. The fraction of sp³-hybridized carbons (Fsp3) is 0.310. The molecule has 2 aromatic carbocycles. The molecule has 3 aromatic rings. The van der Waals surface area contributed by atoms with Crippen LogP contribution in [0.1, 0.15) is 59.4 Å². The van der Waals surface area contributed by atoms with Crippen LogP contribution in [0, 0.1) is 11.6 Å². The van der Waals surface area contributed by atoms with Gasteiger partial charge in [-0.3, -0.25) is 19.3 Å². The molecule has 1 aliphatic heterocycles. The van der Waals surface area contributed by atoms with Crippen LogP contribution in [0.15, 0.2) is 59.0 Å². The van der Waals surface area contributed by atoms with Crippen LogP contribution in [0.2, 0.25) is 0 Å². The number of nitrogens with zero attached hydrogens (tertiary/aromatic N) is 3. The summed E-state index contributed by atoms with van der Waals surface area (Å²) in [7, 11) is 0. The lowest BCUT2D eigenvalue weighted by molar-refractivity contribution is 0.0675. The summed E-state index contributed by atoms with van der Waals surface area (Å²) in [5.41, 5.74) is 2.97. The number of carbonyl (C=O) groups is 1. The van der Waals surface area contributed by atoms with Crippen LogP contribution < -0.4 is 15.2 Å². The van der Waals surface area contributed by atoms with Gasteiger partial charge in [-0.15, -0.1) is 0 Å². The molecule has 0 bridgehead atoms. The molecule has 0 radical (unpaired) electrons. The summed E-state index contributed by atoms with van der Waals surface area (Å²) >= 11 is 0. The van der Waals surface area contributed by atoms with E-state index in [0.29, 0.717) is 30.7 Å². The number of rotatable bonds is 6. The van der Waals surface area contributed by atoms with Gasteiger partial charge in [-0.25, -0.2) is 8.78 Å². The van der Waals surface area contributed by atoms with Gasteiger partial charge in [0.2, 0.25) is 5.43 Å². The minimum absolute atomic E-state index is 0.0146. The van der Waals surface area contributed by atoms with E-state index < -0.39 is 17.2 Å². The van der Waals surface area contributed by atoms with Gasteiger partial charge < -0.3 is 9.64 Å². The van der Waals surface area contributed by atoms with Gasteiger partial charge in [-0.05, 0) is 59.7 Å². The van der Waals surface area contributed by atoms with Gasteiger partial charge in [0.25, 0.3) is 5.91 Å². The van der Waals surface area contributed by atoms with Crippen LogP contribution in [0.25, 0.3) is 6.08 Å². The van der Waals surface area contributed by atoms with Crippen molar-refractivity contribution >= 4 is 12.0 Å². The zero-order valence-corrected chi connectivity index (χ0v) is 20.8. The van der Waals surface area contributed by atoms with Crippen LogP contribution in [0.4, 0.5) is 8.78 Å². The first kappa shape index (κ1) is 23.5. The Morgan fingerprint density at radius 2 is 1.81 bits per heavy atom. The van der Waals surface area contributed by atoms with Crippen molar-refractivity contribution in [3.05, 3.63) is 104 Å². The van der Waals surface area contributed by atoms with Gasteiger partial charge in [0.1, 0.15) is 12.2 Å². The first-order chi connectivity index (χ1) is 17.9. The number of hydrogen-bond donors (Lipinski definition) is 0. The molecule has 1 aromatic heterocycles. The lowest BCUT2D eigenvalue weighted by Crippen LogP contribution is -2.62. The topological polar surface area (TPSA) is 54.8 Å². The van der Waals surface area contributed by atoms with E-state index in [1.807, 2.05) is 43.1 Å². The predicted molar refractivity (Wildman–Crippen MR) is 136 cm³/mol. The zero-order chi connectivity index (χ0) is 25.9. The van der Waals surface area contributed by atoms with E-state index in [9.17, 15) is 18.4 Å². The van der Waals surface area contributed by atoms with Crippen LogP contribution in [0.3, 0.4) is 0 Å². The number of ether oxygens (including phenoxy) is 1. The molecule has 190 valence electrons. The third-order valence-electron chi connectivity index (χ3n) is 7.66. The van der Waals surface area contributed by atoms with Gasteiger partial charge >= 0.3 is 0 Å². The lowest BCUT2D eigenvalue weighted by atomic mass is 9.83. The molecule has 1 unspecified atom stereocenters. The van der Waals surface area contributed by atoms with E-state index >= 15 is 0 Å². The highest BCUT2D eigenvalue weighted by molar-refractivity contribution is 5.96. The number of halogens is 2. The summed E-state index contributed by atoms with van der Waals surface area (Å²) in [6.07, 6.45) is 5.71. The fourth-order valence-electron chi connectivity index (χ4n) is 5.95. The molecule has 37 heavy (non-hydrogen) atoms. The van der Waals surface area contributed by atoms with Gasteiger partial charge in [0, 0.05) is 18.8 Å². The summed E-state index contributed by atoms with van der Waals surface area (Å²) in [5.74, 6) is -2.10. The lowest BCUT2D eigenvalue weighted by Gasteiger charge is -2.49. The Morgan fingerprint density at radius 1 is 1.03 bits per heavy atom. The number of pyridine rings is 1. The van der Waals surface area contributed by atoms with Crippen molar-refractivity contribution in [2.75, 3.05) is 24.8 Å². The molecular formula is C29H27F2N3O3. The second kappa shape index (κ2) is 8.57. The molecule has 2 aliphatic carbocycles. The Morgan fingerprint density at radius 3 is 2.59 bits per heavy atom. The average Bonchev–Trinajstić information content (AvgIpc) is 3.37. The molecule has 1 atom stereocenters. The largest absolute Gasteiger partial charge is 0.487 e. The number of hydrogen-bond acceptors (Lipinski definition) is 4. The van der Waals surface area contributed by atoms with Gasteiger partial charge in [-0.1, -0.05) is 43.7 Å². The Kier molecular flexibility index (Phi) is 5.44. The van der Waals surface area contributed by atoms with Crippen molar-refractivity contribution in [2.24, 2.45) is 0 Å². The number of amides is 1. The summed E-state index contributed by atoms with van der Waals surface area (Å²) < 4.78 is 36.7. The molecule has 1 amide bonds. The molecular weight excluding hydrogens is 476 g/mol. The molecule has 8 heteroatoms. The Labute approximate surface area is 213 Å². The van der Waals surface area contributed by atoms with Gasteiger partial charge in [-0.2, -0.15) is 0 Å². The second-order valence-electron chi connectivity index (χ2n) is 9.67. The van der Waals surface area contributed by atoms with Crippen LogP contribution in [-0.2, 0) is 12.0 Å². The van der Waals surface area contributed by atoms with Crippen molar-refractivity contribution in [2.45, 2.75) is 38.6 Å². The second-order valence-corrected chi connectivity index (χ2v) is 9.67. The minimum atomic E-state index is -0.987. The minimum Gasteiger partial charge on any atom is -0.487 e. The number of aromatic nitrogens is 1. The maximum Gasteiger partial charge on any atom is 0.277 e. The summed E-state index contributed by atoms with van der Waals surface area (Å²) in [5, 5.41) is 1.99.